The van der Waals surface area contributed by atoms with Crippen molar-refractivity contribution in [3.63, 3.8) is 0 Å². The largest absolute Gasteiger partial charge is 0.494 e. The summed E-state index contributed by atoms with van der Waals surface area (Å²) in [6.07, 6.45) is 4.35. The summed E-state index contributed by atoms with van der Waals surface area (Å²) in [5, 5.41) is 0. The molecule has 1 aliphatic heterocycles. The summed E-state index contributed by atoms with van der Waals surface area (Å²) in [5.41, 5.74) is 6.46. The lowest BCUT2D eigenvalue weighted by Crippen LogP contribution is -2.42. The second-order valence-electron chi connectivity index (χ2n) is 5.72. The predicted octanol–water partition coefficient (Wildman–Crippen LogP) is 2.68. The van der Waals surface area contributed by atoms with E-state index in [1.54, 1.807) is 0 Å². The van der Waals surface area contributed by atoms with Crippen LogP contribution in [-0.2, 0) is 0 Å². The standard InChI is InChI=1S/C17H26N2O2/c1-2-3-11-21-16-8-6-15(7-9-16)17(20)19-10-4-5-14(12-18)13-19/h6-9,14H,2-5,10-13,18H2,1H3. The molecule has 1 atom stereocenters. The molecule has 1 aromatic rings. The SMILES string of the molecule is CCCCOc1ccc(C(=O)N2CCCC(CN)C2)cc1. The van der Waals surface area contributed by atoms with Crippen LogP contribution in [0, 0.1) is 5.92 Å². The fraction of sp³-hybridized carbons (Fsp3) is 0.588. The first-order valence-corrected chi connectivity index (χ1v) is 7.96. The molecular weight excluding hydrogens is 264 g/mol. The van der Waals surface area contributed by atoms with Gasteiger partial charge in [-0.3, -0.25) is 4.79 Å². The van der Waals surface area contributed by atoms with Crippen LogP contribution in [0.2, 0.25) is 0 Å². The first-order valence-electron chi connectivity index (χ1n) is 7.96. The van der Waals surface area contributed by atoms with Crippen molar-refractivity contribution in [1.29, 1.82) is 0 Å². The number of piperidine rings is 1. The van der Waals surface area contributed by atoms with Crippen LogP contribution in [0.4, 0.5) is 0 Å². The number of carbonyl (C=O) groups excluding carboxylic acids is 1. The van der Waals surface area contributed by atoms with E-state index in [2.05, 4.69) is 6.92 Å². The molecule has 1 amide bonds. The van der Waals surface area contributed by atoms with E-state index in [1.807, 2.05) is 29.2 Å². The molecule has 0 radical (unpaired) electrons. The van der Waals surface area contributed by atoms with Gasteiger partial charge in [0.25, 0.3) is 5.91 Å². The highest BCUT2D eigenvalue weighted by Gasteiger charge is 2.23. The Labute approximate surface area is 127 Å². The highest BCUT2D eigenvalue weighted by molar-refractivity contribution is 5.94. The number of rotatable bonds is 6. The van der Waals surface area contributed by atoms with Crippen molar-refractivity contribution in [2.75, 3.05) is 26.2 Å². The number of benzene rings is 1. The maximum atomic E-state index is 12.5. The van der Waals surface area contributed by atoms with Gasteiger partial charge in [-0.2, -0.15) is 0 Å². The third kappa shape index (κ3) is 4.46. The summed E-state index contributed by atoms with van der Waals surface area (Å²) in [5.74, 6) is 1.38. The molecule has 1 unspecified atom stereocenters. The van der Waals surface area contributed by atoms with E-state index < -0.39 is 0 Å². The molecule has 1 aromatic carbocycles. The van der Waals surface area contributed by atoms with Crippen molar-refractivity contribution in [3.05, 3.63) is 29.8 Å². The number of unbranched alkanes of at least 4 members (excludes halogenated alkanes) is 1. The Morgan fingerprint density at radius 2 is 2.14 bits per heavy atom. The minimum Gasteiger partial charge on any atom is -0.494 e. The van der Waals surface area contributed by atoms with Crippen molar-refractivity contribution in [2.24, 2.45) is 11.7 Å². The van der Waals surface area contributed by atoms with Crippen molar-refractivity contribution >= 4 is 5.91 Å². The first-order chi connectivity index (χ1) is 10.2. The van der Waals surface area contributed by atoms with E-state index >= 15 is 0 Å². The molecule has 2 N–H and O–H groups in total. The van der Waals surface area contributed by atoms with E-state index in [4.69, 9.17) is 10.5 Å². The fourth-order valence-corrected chi connectivity index (χ4v) is 2.65. The summed E-state index contributed by atoms with van der Waals surface area (Å²) in [7, 11) is 0. The Bertz CT molecular complexity index is 445. The highest BCUT2D eigenvalue weighted by Crippen LogP contribution is 2.19. The van der Waals surface area contributed by atoms with Gasteiger partial charge in [0.15, 0.2) is 0 Å². The van der Waals surface area contributed by atoms with Gasteiger partial charge >= 0.3 is 0 Å². The number of amides is 1. The summed E-state index contributed by atoms with van der Waals surface area (Å²) >= 11 is 0. The molecule has 1 fully saturated rings. The van der Waals surface area contributed by atoms with Crippen LogP contribution in [-0.4, -0.2) is 37.0 Å². The van der Waals surface area contributed by atoms with Crippen LogP contribution in [0.15, 0.2) is 24.3 Å². The molecule has 1 heterocycles. The first kappa shape index (κ1) is 15.8. The predicted molar refractivity (Wildman–Crippen MR) is 84.5 cm³/mol. The number of nitrogens with two attached hydrogens (primary N) is 1. The summed E-state index contributed by atoms with van der Waals surface area (Å²) < 4.78 is 5.62. The number of hydrogen-bond donors (Lipinski definition) is 1. The third-order valence-electron chi connectivity index (χ3n) is 4.01. The molecule has 0 aliphatic carbocycles. The van der Waals surface area contributed by atoms with Gasteiger partial charge in [-0.25, -0.2) is 0 Å². The summed E-state index contributed by atoms with van der Waals surface area (Å²) in [6, 6.07) is 7.48. The van der Waals surface area contributed by atoms with E-state index in [1.165, 1.54) is 0 Å². The van der Waals surface area contributed by atoms with Gasteiger partial charge in [-0.05, 0) is 56.0 Å². The molecule has 4 heteroatoms. The van der Waals surface area contributed by atoms with Crippen LogP contribution >= 0.6 is 0 Å². The normalized spacial score (nSPS) is 18.6. The monoisotopic (exact) mass is 290 g/mol. The number of likely N-dealkylation sites (tertiary alicyclic amines) is 1. The van der Waals surface area contributed by atoms with Crippen molar-refractivity contribution in [2.45, 2.75) is 32.6 Å². The van der Waals surface area contributed by atoms with Gasteiger partial charge in [0.2, 0.25) is 0 Å². The minimum atomic E-state index is 0.105. The van der Waals surface area contributed by atoms with Crippen LogP contribution in [0.5, 0.6) is 5.75 Å². The Morgan fingerprint density at radius 1 is 1.38 bits per heavy atom. The molecule has 21 heavy (non-hydrogen) atoms. The molecule has 1 saturated heterocycles. The molecule has 4 nitrogen and oxygen atoms in total. The topological polar surface area (TPSA) is 55.6 Å². The van der Waals surface area contributed by atoms with Gasteiger partial charge in [-0.1, -0.05) is 13.3 Å². The van der Waals surface area contributed by atoms with Crippen LogP contribution in [0.3, 0.4) is 0 Å². The molecule has 0 aromatic heterocycles. The fourth-order valence-electron chi connectivity index (χ4n) is 2.65. The number of nitrogens with zero attached hydrogens (tertiary/aromatic N) is 1. The van der Waals surface area contributed by atoms with Crippen LogP contribution in [0.1, 0.15) is 43.0 Å². The maximum absolute atomic E-state index is 12.5. The van der Waals surface area contributed by atoms with E-state index in [9.17, 15) is 4.79 Å². The Kier molecular flexibility index (Phi) is 6.05. The lowest BCUT2D eigenvalue weighted by atomic mass is 9.97. The summed E-state index contributed by atoms with van der Waals surface area (Å²) in [4.78, 5) is 14.4. The smallest absolute Gasteiger partial charge is 0.253 e. The van der Waals surface area contributed by atoms with Crippen molar-refractivity contribution in [1.82, 2.24) is 4.90 Å². The zero-order chi connectivity index (χ0) is 15.1. The van der Waals surface area contributed by atoms with Gasteiger partial charge in [0.1, 0.15) is 5.75 Å². The number of hydrogen-bond acceptors (Lipinski definition) is 3. The minimum absolute atomic E-state index is 0.105. The van der Waals surface area contributed by atoms with Gasteiger partial charge < -0.3 is 15.4 Å². The Balaban J connectivity index is 1.93. The molecule has 0 spiro atoms. The van der Waals surface area contributed by atoms with E-state index in [0.717, 1.165) is 56.7 Å². The molecule has 0 saturated carbocycles. The zero-order valence-corrected chi connectivity index (χ0v) is 12.9. The van der Waals surface area contributed by atoms with Gasteiger partial charge in [0, 0.05) is 18.7 Å². The number of carbonyl (C=O) groups is 1. The highest BCUT2D eigenvalue weighted by atomic mass is 16.5. The van der Waals surface area contributed by atoms with Crippen LogP contribution in [0.25, 0.3) is 0 Å². The molecule has 116 valence electrons. The van der Waals surface area contributed by atoms with Gasteiger partial charge in [0.05, 0.1) is 6.61 Å². The molecule has 1 aliphatic rings. The lowest BCUT2D eigenvalue weighted by molar-refractivity contribution is 0.0678. The van der Waals surface area contributed by atoms with E-state index in [-0.39, 0.29) is 5.91 Å². The molecule has 2 rings (SSSR count). The summed E-state index contributed by atoms with van der Waals surface area (Å²) in [6.45, 7) is 5.15. The number of ether oxygens (including phenoxy) is 1. The van der Waals surface area contributed by atoms with Crippen LogP contribution < -0.4 is 10.5 Å². The van der Waals surface area contributed by atoms with Crippen molar-refractivity contribution in [3.8, 4) is 5.75 Å². The quantitative estimate of drug-likeness (QED) is 0.820. The average Bonchev–Trinajstić information content (AvgIpc) is 2.55. The third-order valence-corrected chi connectivity index (χ3v) is 4.01. The Hall–Kier alpha value is -1.55. The van der Waals surface area contributed by atoms with E-state index in [0.29, 0.717) is 12.5 Å². The lowest BCUT2D eigenvalue weighted by Gasteiger charge is -2.32. The Morgan fingerprint density at radius 3 is 2.81 bits per heavy atom. The second-order valence-corrected chi connectivity index (χ2v) is 5.72. The second kappa shape index (κ2) is 8.03. The maximum Gasteiger partial charge on any atom is 0.253 e. The average molecular weight is 290 g/mol. The van der Waals surface area contributed by atoms with Gasteiger partial charge in [-0.15, -0.1) is 0 Å². The zero-order valence-electron chi connectivity index (χ0n) is 12.9. The molecule has 0 bridgehead atoms. The molecular formula is C17H26N2O2. The van der Waals surface area contributed by atoms with Crippen molar-refractivity contribution < 1.29 is 9.53 Å².